The van der Waals surface area contributed by atoms with Crippen molar-refractivity contribution in [2.24, 2.45) is 7.05 Å². The maximum Gasteiger partial charge on any atom is 0.271 e. The monoisotopic (exact) mass is 407 g/mol. The van der Waals surface area contributed by atoms with Gasteiger partial charge < -0.3 is 10.6 Å². The molecule has 0 saturated heterocycles. The highest BCUT2D eigenvalue weighted by molar-refractivity contribution is 9.10. The third-order valence-electron chi connectivity index (χ3n) is 3.12. The summed E-state index contributed by atoms with van der Waals surface area (Å²) in [5, 5.41) is 20.5. The van der Waals surface area contributed by atoms with Crippen molar-refractivity contribution in [2.45, 2.75) is 0 Å². The van der Waals surface area contributed by atoms with Crippen molar-refractivity contribution in [3.63, 3.8) is 0 Å². The Balaban J connectivity index is 1.88. The Hall–Kier alpha value is -3.08. The number of nitro groups is 1. The first kappa shape index (κ1) is 16.8. The summed E-state index contributed by atoms with van der Waals surface area (Å²) in [5.74, 6) is -0.136. The third-order valence-corrected chi connectivity index (χ3v) is 3.70. The molecule has 0 unspecified atom stereocenters. The van der Waals surface area contributed by atoms with Crippen LogP contribution in [0.5, 0.6) is 0 Å². The maximum atomic E-state index is 13.9. The fourth-order valence-corrected chi connectivity index (χ4v) is 2.27. The standard InChI is InChI=1S/C14H11BrFN7O2/c1-22-7-8(5-18-22)19-14-17-6-10(15)13(21-14)20-12-4-9(23(24)25)2-3-11(12)16/h2-7H,1H3,(H2,17,19,20,21). The Morgan fingerprint density at radius 3 is 2.80 bits per heavy atom. The minimum atomic E-state index is -0.641. The number of nitro benzene ring substituents is 1. The van der Waals surface area contributed by atoms with Crippen molar-refractivity contribution in [1.82, 2.24) is 19.7 Å². The minimum Gasteiger partial charge on any atom is -0.337 e. The van der Waals surface area contributed by atoms with Gasteiger partial charge in [0.25, 0.3) is 5.69 Å². The molecule has 0 radical (unpaired) electrons. The van der Waals surface area contributed by atoms with Gasteiger partial charge in [0.1, 0.15) is 11.6 Å². The van der Waals surface area contributed by atoms with Gasteiger partial charge in [-0.3, -0.25) is 14.8 Å². The summed E-state index contributed by atoms with van der Waals surface area (Å²) < 4.78 is 16.0. The summed E-state index contributed by atoms with van der Waals surface area (Å²) in [6.07, 6.45) is 4.81. The molecule has 2 aromatic heterocycles. The van der Waals surface area contributed by atoms with Crippen molar-refractivity contribution < 1.29 is 9.31 Å². The van der Waals surface area contributed by atoms with E-state index in [1.54, 1.807) is 24.1 Å². The molecular weight excluding hydrogens is 397 g/mol. The minimum absolute atomic E-state index is 0.0686. The largest absolute Gasteiger partial charge is 0.337 e. The lowest BCUT2D eigenvalue weighted by Gasteiger charge is -2.10. The van der Waals surface area contributed by atoms with E-state index >= 15 is 0 Å². The Labute approximate surface area is 149 Å². The molecule has 128 valence electrons. The first-order chi connectivity index (χ1) is 11.9. The first-order valence-corrected chi connectivity index (χ1v) is 7.71. The molecule has 3 aromatic rings. The average Bonchev–Trinajstić information content (AvgIpc) is 2.97. The molecule has 1 aromatic carbocycles. The van der Waals surface area contributed by atoms with Crippen molar-refractivity contribution in [3.8, 4) is 0 Å². The maximum absolute atomic E-state index is 13.9. The number of non-ortho nitro benzene ring substituents is 1. The van der Waals surface area contributed by atoms with E-state index in [9.17, 15) is 14.5 Å². The number of benzene rings is 1. The van der Waals surface area contributed by atoms with E-state index < -0.39 is 10.7 Å². The number of halogens is 2. The number of aryl methyl sites for hydroxylation is 1. The van der Waals surface area contributed by atoms with Gasteiger partial charge in [0.05, 0.1) is 27.0 Å². The lowest BCUT2D eigenvalue weighted by atomic mass is 10.2. The van der Waals surface area contributed by atoms with Gasteiger partial charge in [0, 0.05) is 31.6 Å². The summed E-state index contributed by atoms with van der Waals surface area (Å²) >= 11 is 3.26. The summed E-state index contributed by atoms with van der Waals surface area (Å²) in [7, 11) is 1.77. The first-order valence-electron chi connectivity index (χ1n) is 6.91. The van der Waals surface area contributed by atoms with E-state index in [4.69, 9.17) is 0 Å². The highest BCUT2D eigenvalue weighted by Gasteiger charge is 2.13. The average molecular weight is 408 g/mol. The van der Waals surface area contributed by atoms with Crippen LogP contribution in [-0.2, 0) is 7.05 Å². The normalized spacial score (nSPS) is 10.5. The predicted octanol–water partition coefficient (Wildman–Crippen LogP) is 3.51. The number of nitrogens with zero attached hydrogens (tertiary/aromatic N) is 5. The molecule has 11 heteroatoms. The van der Waals surface area contributed by atoms with Crippen LogP contribution in [0.4, 0.5) is 33.2 Å². The lowest BCUT2D eigenvalue weighted by Crippen LogP contribution is -2.03. The van der Waals surface area contributed by atoms with Gasteiger partial charge in [-0.05, 0) is 22.0 Å². The van der Waals surface area contributed by atoms with Crippen molar-refractivity contribution in [2.75, 3.05) is 10.6 Å². The van der Waals surface area contributed by atoms with Gasteiger partial charge in [-0.25, -0.2) is 9.37 Å². The van der Waals surface area contributed by atoms with E-state index in [1.807, 2.05) is 0 Å². The zero-order chi connectivity index (χ0) is 18.0. The quantitative estimate of drug-likeness (QED) is 0.491. The molecule has 0 atom stereocenters. The van der Waals surface area contributed by atoms with Crippen LogP contribution in [0, 0.1) is 15.9 Å². The Kier molecular flexibility index (Phi) is 4.57. The van der Waals surface area contributed by atoms with Gasteiger partial charge >= 0.3 is 0 Å². The number of nitrogens with one attached hydrogen (secondary N) is 2. The Morgan fingerprint density at radius 1 is 1.32 bits per heavy atom. The molecule has 0 spiro atoms. The lowest BCUT2D eigenvalue weighted by molar-refractivity contribution is -0.384. The molecule has 0 fully saturated rings. The molecule has 0 bridgehead atoms. The number of rotatable bonds is 5. The zero-order valence-electron chi connectivity index (χ0n) is 12.8. The van der Waals surface area contributed by atoms with Gasteiger partial charge in [0.15, 0.2) is 0 Å². The third kappa shape index (κ3) is 3.88. The highest BCUT2D eigenvalue weighted by Crippen LogP contribution is 2.28. The summed E-state index contributed by atoms with van der Waals surface area (Å²) in [5.41, 5.74) is 0.376. The molecule has 2 N–H and O–H groups in total. The van der Waals surface area contributed by atoms with Crippen LogP contribution in [0.1, 0.15) is 0 Å². The van der Waals surface area contributed by atoms with Crippen LogP contribution in [0.3, 0.4) is 0 Å². The van der Waals surface area contributed by atoms with Crippen LogP contribution in [-0.4, -0.2) is 24.7 Å². The second-order valence-electron chi connectivity index (χ2n) is 4.96. The molecule has 0 aliphatic rings. The fraction of sp³-hybridized carbons (Fsp3) is 0.0714. The van der Waals surface area contributed by atoms with E-state index in [0.717, 1.165) is 18.2 Å². The summed E-state index contributed by atoms with van der Waals surface area (Å²) in [6, 6.07) is 3.20. The number of hydrogen-bond donors (Lipinski definition) is 2. The Bertz CT molecular complexity index is 947. The Morgan fingerprint density at radius 2 is 2.12 bits per heavy atom. The number of aromatic nitrogens is 4. The molecular formula is C14H11BrFN7O2. The van der Waals surface area contributed by atoms with Gasteiger partial charge in [-0.2, -0.15) is 10.1 Å². The molecule has 0 saturated carbocycles. The molecule has 25 heavy (non-hydrogen) atoms. The molecule has 3 rings (SSSR count). The van der Waals surface area contributed by atoms with Crippen molar-refractivity contribution in [1.29, 1.82) is 0 Å². The SMILES string of the molecule is Cn1cc(Nc2ncc(Br)c(Nc3cc([N+](=O)[O-])ccc3F)n2)cn1. The van der Waals surface area contributed by atoms with Crippen LogP contribution in [0.2, 0.25) is 0 Å². The van der Waals surface area contributed by atoms with E-state index in [0.29, 0.717) is 10.2 Å². The van der Waals surface area contributed by atoms with Crippen LogP contribution in [0.25, 0.3) is 0 Å². The summed E-state index contributed by atoms with van der Waals surface area (Å²) in [4.78, 5) is 18.6. The van der Waals surface area contributed by atoms with E-state index in [-0.39, 0.29) is 23.1 Å². The van der Waals surface area contributed by atoms with E-state index in [1.165, 1.54) is 6.20 Å². The molecule has 0 aliphatic carbocycles. The smallest absolute Gasteiger partial charge is 0.271 e. The summed E-state index contributed by atoms with van der Waals surface area (Å²) in [6.45, 7) is 0. The predicted molar refractivity (Wildman–Crippen MR) is 92.6 cm³/mol. The van der Waals surface area contributed by atoms with Gasteiger partial charge in [-0.1, -0.05) is 0 Å². The second-order valence-corrected chi connectivity index (χ2v) is 5.82. The number of hydrogen-bond acceptors (Lipinski definition) is 7. The van der Waals surface area contributed by atoms with Crippen molar-refractivity contribution in [3.05, 3.63) is 57.2 Å². The second kappa shape index (κ2) is 6.81. The van der Waals surface area contributed by atoms with Crippen LogP contribution in [0.15, 0.2) is 41.3 Å². The molecule has 9 nitrogen and oxygen atoms in total. The van der Waals surface area contributed by atoms with Gasteiger partial charge in [-0.15, -0.1) is 0 Å². The zero-order valence-corrected chi connectivity index (χ0v) is 14.4. The van der Waals surface area contributed by atoms with Crippen LogP contribution < -0.4 is 10.6 Å². The molecule has 0 aliphatic heterocycles. The fourth-order valence-electron chi connectivity index (χ4n) is 1.98. The topological polar surface area (TPSA) is 111 Å². The molecule has 0 amide bonds. The van der Waals surface area contributed by atoms with Crippen molar-refractivity contribution >= 4 is 44.8 Å². The highest BCUT2D eigenvalue weighted by atomic mass is 79.9. The van der Waals surface area contributed by atoms with E-state index in [2.05, 4.69) is 41.6 Å². The van der Waals surface area contributed by atoms with Crippen LogP contribution >= 0.6 is 15.9 Å². The van der Waals surface area contributed by atoms with Gasteiger partial charge in [0.2, 0.25) is 5.95 Å². The number of anilines is 4. The molecule has 2 heterocycles.